The van der Waals surface area contributed by atoms with Crippen molar-refractivity contribution in [2.24, 2.45) is 11.7 Å². The highest BCUT2D eigenvalue weighted by Crippen LogP contribution is 2.28. The van der Waals surface area contributed by atoms with Gasteiger partial charge >= 0.3 is 0 Å². The topological polar surface area (TPSA) is 88.2 Å². The summed E-state index contributed by atoms with van der Waals surface area (Å²) in [6.07, 6.45) is 0. The van der Waals surface area contributed by atoms with E-state index in [0.29, 0.717) is 5.92 Å². The largest absolute Gasteiger partial charge is 0.507 e. The van der Waals surface area contributed by atoms with Crippen molar-refractivity contribution in [2.45, 2.75) is 13.8 Å². The zero-order chi connectivity index (χ0) is 14.7. The van der Waals surface area contributed by atoms with Crippen LogP contribution in [0.5, 0.6) is 5.75 Å². The van der Waals surface area contributed by atoms with Crippen LogP contribution in [0.25, 0.3) is 11.3 Å². The van der Waals surface area contributed by atoms with E-state index in [4.69, 9.17) is 5.73 Å². The molecule has 0 aliphatic rings. The summed E-state index contributed by atoms with van der Waals surface area (Å²) in [4.78, 5) is 15.7. The summed E-state index contributed by atoms with van der Waals surface area (Å²) < 4.78 is 0. The lowest BCUT2D eigenvalue weighted by atomic mass is 10.1. The van der Waals surface area contributed by atoms with Crippen LogP contribution in [-0.2, 0) is 0 Å². The first-order valence-corrected chi connectivity index (χ1v) is 7.18. The number of primary amides is 1. The van der Waals surface area contributed by atoms with Crippen LogP contribution >= 0.6 is 11.3 Å². The molecule has 5 nitrogen and oxygen atoms in total. The van der Waals surface area contributed by atoms with Crippen LogP contribution < -0.4 is 11.1 Å². The molecule has 1 amide bonds. The van der Waals surface area contributed by atoms with Gasteiger partial charge in [-0.25, -0.2) is 4.98 Å². The van der Waals surface area contributed by atoms with E-state index in [9.17, 15) is 9.90 Å². The molecular formula is C14H17N3O2S. The number of benzene rings is 1. The third-order valence-corrected chi connectivity index (χ3v) is 3.52. The van der Waals surface area contributed by atoms with Crippen molar-refractivity contribution in [3.8, 4) is 17.0 Å². The van der Waals surface area contributed by atoms with Gasteiger partial charge in [0.25, 0.3) is 5.91 Å². The number of phenols is 1. The summed E-state index contributed by atoms with van der Waals surface area (Å²) in [5, 5.41) is 15.6. The number of rotatable bonds is 5. The van der Waals surface area contributed by atoms with E-state index < -0.39 is 5.91 Å². The van der Waals surface area contributed by atoms with Crippen molar-refractivity contribution >= 4 is 22.4 Å². The first-order valence-electron chi connectivity index (χ1n) is 6.30. The monoisotopic (exact) mass is 291 g/mol. The molecule has 20 heavy (non-hydrogen) atoms. The molecule has 0 spiro atoms. The molecule has 0 radical (unpaired) electrons. The fourth-order valence-electron chi connectivity index (χ4n) is 1.67. The van der Waals surface area contributed by atoms with Gasteiger partial charge in [-0.15, -0.1) is 11.3 Å². The average Bonchev–Trinajstić information content (AvgIpc) is 2.85. The van der Waals surface area contributed by atoms with Gasteiger partial charge in [-0.1, -0.05) is 13.8 Å². The normalized spacial score (nSPS) is 10.8. The highest BCUT2D eigenvalue weighted by atomic mass is 32.1. The zero-order valence-corrected chi connectivity index (χ0v) is 12.2. The lowest BCUT2D eigenvalue weighted by Crippen LogP contribution is -2.11. The minimum atomic E-state index is -0.655. The van der Waals surface area contributed by atoms with Gasteiger partial charge in [0.1, 0.15) is 5.75 Å². The first kappa shape index (κ1) is 14.3. The molecule has 106 valence electrons. The predicted molar refractivity (Wildman–Crippen MR) is 81.1 cm³/mol. The Hall–Kier alpha value is -2.08. The van der Waals surface area contributed by atoms with E-state index >= 15 is 0 Å². The Kier molecular flexibility index (Phi) is 4.24. The lowest BCUT2D eigenvalue weighted by Gasteiger charge is -2.05. The third kappa shape index (κ3) is 3.27. The van der Waals surface area contributed by atoms with E-state index in [0.717, 1.165) is 22.9 Å². The molecule has 6 heteroatoms. The van der Waals surface area contributed by atoms with Crippen LogP contribution in [0.2, 0.25) is 0 Å². The number of nitrogens with two attached hydrogens (primary N) is 1. The predicted octanol–water partition coefficient (Wildman–Crippen LogP) is 2.68. The van der Waals surface area contributed by atoms with Crippen molar-refractivity contribution in [2.75, 3.05) is 11.9 Å². The van der Waals surface area contributed by atoms with Crippen LogP contribution in [0.4, 0.5) is 5.13 Å². The molecule has 1 aromatic heterocycles. The van der Waals surface area contributed by atoms with E-state index in [-0.39, 0.29) is 11.3 Å². The van der Waals surface area contributed by atoms with Gasteiger partial charge in [-0.05, 0) is 24.1 Å². The summed E-state index contributed by atoms with van der Waals surface area (Å²) in [6, 6.07) is 4.72. The molecule has 4 N–H and O–H groups in total. The Morgan fingerprint density at radius 2 is 2.25 bits per heavy atom. The minimum absolute atomic E-state index is 0.104. The molecule has 0 saturated heterocycles. The maximum Gasteiger partial charge on any atom is 0.252 e. The van der Waals surface area contributed by atoms with Crippen molar-refractivity contribution in [3.05, 3.63) is 29.1 Å². The molecule has 0 saturated carbocycles. The number of amides is 1. The van der Waals surface area contributed by atoms with Crippen LogP contribution in [0, 0.1) is 5.92 Å². The SMILES string of the molecule is CC(C)CNc1nc(-c2ccc(O)c(C(N)=O)c2)cs1. The van der Waals surface area contributed by atoms with Gasteiger partial charge in [0.2, 0.25) is 0 Å². The number of thiazole rings is 1. The second-order valence-corrected chi connectivity index (χ2v) is 5.77. The maximum absolute atomic E-state index is 11.2. The standard InChI is InChI=1S/C14H17N3O2S/c1-8(2)6-16-14-17-11(7-20-14)9-3-4-12(18)10(5-9)13(15)19/h3-5,7-8,18H,6H2,1-2H3,(H2,15,19)(H,16,17). The number of hydrogen-bond acceptors (Lipinski definition) is 5. The molecular weight excluding hydrogens is 274 g/mol. The molecule has 2 aromatic rings. The second kappa shape index (κ2) is 5.92. The molecule has 0 aliphatic carbocycles. The summed E-state index contributed by atoms with van der Waals surface area (Å²) in [5.41, 5.74) is 6.83. The van der Waals surface area contributed by atoms with E-state index in [1.54, 1.807) is 12.1 Å². The Labute approximate surface area is 121 Å². The number of hydrogen-bond donors (Lipinski definition) is 3. The van der Waals surface area contributed by atoms with Gasteiger partial charge in [0.15, 0.2) is 5.13 Å². The Morgan fingerprint density at radius 3 is 2.90 bits per heavy atom. The van der Waals surface area contributed by atoms with Gasteiger partial charge < -0.3 is 16.2 Å². The van der Waals surface area contributed by atoms with Crippen LogP contribution in [0.3, 0.4) is 0 Å². The number of carbonyl (C=O) groups excluding carboxylic acids is 1. The molecule has 0 aliphatic heterocycles. The summed E-state index contributed by atoms with van der Waals surface area (Å²) in [5.74, 6) is -0.232. The smallest absolute Gasteiger partial charge is 0.252 e. The number of nitrogens with zero attached hydrogens (tertiary/aromatic N) is 1. The van der Waals surface area contributed by atoms with Gasteiger partial charge in [0.05, 0.1) is 11.3 Å². The van der Waals surface area contributed by atoms with Gasteiger partial charge in [-0.3, -0.25) is 4.79 Å². The van der Waals surface area contributed by atoms with Crippen LogP contribution in [0.1, 0.15) is 24.2 Å². The van der Waals surface area contributed by atoms with Crippen LogP contribution in [0.15, 0.2) is 23.6 Å². The fraction of sp³-hybridized carbons (Fsp3) is 0.286. The van der Waals surface area contributed by atoms with Crippen molar-refractivity contribution in [3.63, 3.8) is 0 Å². The minimum Gasteiger partial charge on any atom is -0.507 e. The molecule has 0 unspecified atom stereocenters. The zero-order valence-electron chi connectivity index (χ0n) is 11.4. The molecule has 1 heterocycles. The van der Waals surface area contributed by atoms with Gasteiger partial charge in [0, 0.05) is 17.5 Å². The number of aromatic hydroxyl groups is 1. The van der Waals surface area contributed by atoms with Crippen molar-refractivity contribution in [1.29, 1.82) is 0 Å². The molecule has 0 atom stereocenters. The highest BCUT2D eigenvalue weighted by Gasteiger charge is 2.11. The fourth-order valence-corrected chi connectivity index (χ4v) is 2.40. The van der Waals surface area contributed by atoms with Crippen molar-refractivity contribution < 1.29 is 9.90 Å². The van der Waals surface area contributed by atoms with E-state index in [2.05, 4.69) is 24.1 Å². The Bertz CT molecular complexity index is 623. The molecule has 2 rings (SSSR count). The number of aromatic nitrogens is 1. The Balaban J connectivity index is 2.24. The van der Waals surface area contributed by atoms with Crippen molar-refractivity contribution in [1.82, 2.24) is 4.98 Å². The average molecular weight is 291 g/mol. The maximum atomic E-state index is 11.2. The number of anilines is 1. The van der Waals surface area contributed by atoms with E-state index in [1.807, 2.05) is 5.38 Å². The summed E-state index contributed by atoms with van der Waals surface area (Å²) >= 11 is 1.50. The van der Waals surface area contributed by atoms with E-state index in [1.165, 1.54) is 17.4 Å². The van der Waals surface area contributed by atoms with Crippen LogP contribution in [-0.4, -0.2) is 22.5 Å². The number of nitrogens with one attached hydrogen (secondary N) is 1. The quantitative estimate of drug-likeness (QED) is 0.790. The lowest BCUT2D eigenvalue weighted by molar-refractivity contribution is 0.0998. The Morgan fingerprint density at radius 1 is 1.50 bits per heavy atom. The molecule has 0 bridgehead atoms. The third-order valence-electron chi connectivity index (χ3n) is 2.72. The number of carbonyl (C=O) groups is 1. The highest BCUT2D eigenvalue weighted by molar-refractivity contribution is 7.14. The summed E-state index contributed by atoms with van der Waals surface area (Å²) in [7, 11) is 0. The summed E-state index contributed by atoms with van der Waals surface area (Å²) in [6.45, 7) is 5.11. The van der Waals surface area contributed by atoms with Gasteiger partial charge in [-0.2, -0.15) is 0 Å². The first-order chi connectivity index (χ1) is 9.47. The second-order valence-electron chi connectivity index (χ2n) is 4.91. The molecule has 0 fully saturated rings. The molecule has 1 aromatic carbocycles.